The highest BCUT2D eigenvalue weighted by molar-refractivity contribution is 6.12. The zero-order valence-corrected chi connectivity index (χ0v) is 9.95. The third-order valence-corrected chi connectivity index (χ3v) is 3.40. The van der Waals surface area contributed by atoms with Gasteiger partial charge < -0.3 is 4.90 Å². The SMILES string of the molecule is CN1C(=O)Cc2c3c1ccc([N+](=O)[O-])c3cn2C#N. The average molecular weight is 256 g/mol. The Morgan fingerprint density at radius 2 is 2.21 bits per heavy atom. The molecule has 1 aliphatic rings. The Morgan fingerprint density at radius 1 is 1.47 bits per heavy atom. The van der Waals surface area contributed by atoms with E-state index in [2.05, 4.69) is 0 Å². The number of nitro benzene ring substituents is 1. The Kier molecular flexibility index (Phi) is 2.10. The van der Waals surface area contributed by atoms with Gasteiger partial charge in [-0.05, 0) is 6.07 Å². The summed E-state index contributed by atoms with van der Waals surface area (Å²) < 4.78 is 1.23. The van der Waals surface area contributed by atoms with Crippen LogP contribution in [-0.2, 0) is 11.2 Å². The molecule has 0 unspecified atom stereocenters. The molecule has 0 atom stereocenters. The first-order valence-corrected chi connectivity index (χ1v) is 5.52. The molecule has 0 fully saturated rings. The number of nitro groups is 1. The number of carbonyl (C=O) groups is 1. The summed E-state index contributed by atoms with van der Waals surface area (Å²) in [5.41, 5.74) is 1.05. The molecule has 0 saturated heterocycles. The summed E-state index contributed by atoms with van der Waals surface area (Å²) >= 11 is 0. The number of hydrogen-bond donors (Lipinski definition) is 0. The zero-order valence-electron chi connectivity index (χ0n) is 9.95. The number of likely N-dealkylation sites (N-methyl/N-ethyl adjacent to an activating group) is 1. The number of benzene rings is 1. The number of anilines is 1. The minimum atomic E-state index is -0.485. The highest BCUT2D eigenvalue weighted by atomic mass is 16.6. The summed E-state index contributed by atoms with van der Waals surface area (Å²) in [6.07, 6.45) is 3.41. The number of amides is 1. The summed E-state index contributed by atoms with van der Waals surface area (Å²) in [5.74, 6) is -0.141. The minimum absolute atomic E-state index is 0.0586. The lowest BCUT2D eigenvalue weighted by atomic mass is 10.0. The van der Waals surface area contributed by atoms with Crippen molar-refractivity contribution in [3.8, 4) is 6.19 Å². The van der Waals surface area contributed by atoms with Crippen LogP contribution in [0.1, 0.15) is 5.69 Å². The number of carbonyl (C=O) groups excluding carboxylic acids is 1. The fourth-order valence-corrected chi connectivity index (χ4v) is 2.46. The first kappa shape index (κ1) is 11.2. The van der Waals surface area contributed by atoms with Gasteiger partial charge in [-0.15, -0.1) is 0 Å². The second-order valence-corrected chi connectivity index (χ2v) is 4.32. The van der Waals surface area contributed by atoms with Crippen molar-refractivity contribution in [2.75, 3.05) is 11.9 Å². The van der Waals surface area contributed by atoms with Gasteiger partial charge in [-0.25, -0.2) is 0 Å². The molecule has 1 aliphatic heterocycles. The van der Waals surface area contributed by atoms with Gasteiger partial charge in [0.25, 0.3) is 5.69 Å². The maximum absolute atomic E-state index is 11.9. The summed E-state index contributed by atoms with van der Waals surface area (Å²) in [5, 5.41) is 21.1. The maximum atomic E-state index is 11.9. The first-order valence-electron chi connectivity index (χ1n) is 5.52. The zero-order chi connectivity index (χ0) is 13.7. The fraction of sp³-hybridized carbons (Fsp3) is 0.167. The molecule has 0 spiro atoms. The first-order chi connectivity index (χ1) is 9.04. The average Bonchev–Trinajstić information content (AvgIpc) is 2.74. The van der Waals surface area contributed by atoms with Crippen LogP contribution >= 0.6 is 0 Å². The quantitative estimate of drug-likeness (QED) is 0.569. The molecule has 94 valence electrons. The lowest BCUT2D eigenvalue weighted by Gasteiger charge is -2.23. The molecule has 2 aromatic rings. The van der Waals surface area contributed by atoms with Crippen molar-refractivity contribution in [2.24, 2.45) is 0 Å². The molecule has 2 heterocycles. The lowest BCUT2D eigenvalue weighted by Crippen LogP contribution is -2.31. The summed E-state index contributed by atoms with van der Waals surface area (Å²) in [6, 6.07) is 2.90. The van der Waals surface area contributed by atoms with Crippen LogP contribution in [0.3, 0.4) is 0 Å². The van der Waals surface area contributed by atoms with Crippen molar-refractivity contribution in [3.63, 3.8) is 0 Å². The van der Waals surface area contributed by atoms with Crippen molar-refractivity contribution in [1.82, 2.24) is 4.57 Å². The number of rotatable bonds is 1. The topological polar surface area (TPSA) is 92.2 Å². The van der Waals surface area contributed by atoms with Crippen LogP contribution in [-0.4, -0.2) is 22.4 Å². The molecular weight excluding hydrogens is 248 g/mol. The molecule has 0 bridgehead atoms. The molecule has 3 rings (SSSR count). The highest BCUT2D eigenvalue weighted by Gasteiger charge is 2.29. The molecule has 19 heavy (non-hydrogen) atoms. The van der Waals surface area contributed by atoms with E-state index in [1.54, 1.807) is 13.1 Å². The predicted molar refractivity (Wildman–Crippen MR) is 66.7 cm³/mol. The van der Waals surface area contributed by atoms with Crippen molar-refractivity contribution in [1.29, 1.82) is 5.26 Å². The normalized spacial score (nSPS) is 13.7. The minimum Gasteiger partial charge on any atom is -0.314 e. The smallest absolute Gasteiger partial charge is 0.278 e. The third-order valence-electron chi connectivity index (χ3n) is 3.40. The summed E-state index contributed by atoms with van der Waals surface area (Å²) in [7, 11) is 1.62. The molecule has 0 N–H and O–H groups in total. The number of nitriles is 1. The van der Waals surface area contributed by atoms with E-state index in [1.165, 1.54) is 21.7 Å². The molecule has 0 radical (unpaired) electrons. The van der Waals surface area contributed by atoms with E-state index >= 15 is 0 Å². The Morgan fingerprint density at radius 3 is 2.84 bits per heavy atom. The monoisotopic (exact) mass is 256 g/mol. The van der Waals surface area contributed by atoms with Gasteiger partial charge in [0.2, 0.25) is 5.91 Å². The van der Waals surface area contributed by atoms with E-state index < -0.39 is 4.92 Å². The molecular formula is C12H8N4O3. The number of nitrogens with zero attached hydrogens (tertiary/aromatic N) is 4. The second kappa shape index (κ2) is 3.55. The van der Waals surface area contributed by atoms with Gasteiger partial charge in [-0.2, -0.15) is 5.26 Å². The highest BCUT2D eigenvalue weighted by Crippen LogP contribution is 2.39. The van der Waals surface area contributed by atoms with Gasteiger partial charge in [0.1, 0.15) is 0 Å². The molecule has 1 amide bonds. The van der Waals surface area contributed by atoms with Crippen LogP contribution in [0, 0.1) is 21.6 Å². The van der Waals surface area contributed by atoms with E-state index in [-0.39, 0.29) is 18.0 Å². The van der Waals surface area contributed by atoms with Crippen LogP contribution in [0.4, 0.5) is 11.4 Å². The van der Waals surface area contributed by atoms with Gasteiger partial charge in [0.05, 0.1) is 28.1 Å². The van der Waals surface area contributed by atoms with Crippen molar-refractivity contribution >= 4 is 28.1 Å². The molecule has 1 aromatic carbocycles. The van der Waals surface area contributed by atoms with Crippen LogP contribution in [0.5, 0.6) is 0 Å². The van der Waals surface area contributed by atoms with E-state index in [9.17, 15) is 14.9 Å². The van der Waals surface area contributed by atoms with Gasteiger partial charge in [-0.3, -0.25) is 19.5 Å². The van der Waals surface area contributed by atoms with Crippen LogP contribution < -0.4 is 4.90 Å². The van der Waals surface area contributed by atoms with Gasteiger partial charge in [0, 0.05) is 24.7 Å². The molecule has 7 nitrogen and oxygen atoms in total. The van der Waals surface area contributed by atoms with E-state index in [0.717, 1.165) is 0 Å². The Bertz CT molecular complexity index is 784. The molecule has 7 heteroatoms. The molecule has 1 aromatic heterocycles. The number of non-ortho nitro benzene ring substituents is 1. The van der Waals surface area contributed by atoms with Crippen LogP contribution in [0.25, 0.3) is 10.8 Å². The summed E-state index contributed by atoms with van der Waals surface area (Å²) in [4.78, 5) is 23.8. The molecule has 0 aliphatic carbocycles. The lowest BCUT2D eigenvalue weighted by molar-refractivity contribution is -0.383. The van der Waals surface area contributed by atoms with Crippen LogP contribution in [0.15, 0.2) is 18.3 Å². The van der Waals surface area contributed by atoms with Crippen molar-refractivity contribution < 1.29 is 9.72 Å². The van der Waals surface area contributed by atoms with E-state index in [1.807, 2.05) is 6.19 Å². The van der Waals surface area contributed by atoms with Gasteiger partial charge in [-0.1, -0.05) is 0 Å². The Balaban J connectivity index is 2.48. The van der Waals surface area contributed by atoms with E-state index in [0.29, 0.717) is 22.2 Å². The third kappa shape index (κ3) is 1.34. The van der Waals surface area contributed by atoms with Crippen molar-refractivity contribution in [3.05, 3.63) is 34.1 Å². The standard InChI is InChI=1S/C12H8N4O3/c1-14-9-3-2-8(16(18)19)7-5-15(6-13)10(12(7)9)4-11(14)17/h2-3,5H,4H2,1H3. The maximum Gasteiger partial charge on any atom is 0.278 e. The Hall–Kier alpha value is -2.88. The van der Waals surface area contributed by atoms with E-state index in [4.69, 9.17) is 5.26 Å². The fourth-order valence-electron chi connectivity index (χ4n) is 2.46. The predicted octanol–water partition coefficient (Wildman–Crippen LogP) is 1.40. The van der Waals surface area contributed by atoms with Crippen LogP contribution in [0.2, 0.25) is 0 Å². The van der Waals surface area contributed by atoms with Crippen molar-refractivity contribution in [2.45, 2.75) is 6.42 Å². The number of hydrogen-bond acceptors (Lipinski definition) is 4. The second-order valence-electron chi connectivity index (χ2n) is 4.32. The largest absolute Gasteiger partial charge is 0.314 e. The Labute approximate surface area is 107 Å². The number of aromatic nitrogens is 1. The summed E-state index contributed by atoms with van der Waals surface area (Å²) in [6.45, 7) is 0. The van der Waals surface area contributed by atoms with Gasteiger partial charge >= 0.3 is 0 Å². The molecule has 0 saturated carbocycles. The van der Waals surface area contributed by atoms with Gasteiger partial charge in [0.15, 0.2) is 6.19 Å².